The Morgan fingerprint density at radius 2 is 1.72 bits per heavy atom. The smallest absolute Gasteiger partial charge is 1.00 e. The van der Waals surface area contributed by atoms with Gasteiger partial charge in [0.1, 0.15) is 12.4 Å². The first kappa shape index (κ1) is 22.1. The first-order valence-corrected chi connectivity index (χ1v) is 7.56. The fourth-order valence-electron chi connectivity index (χ4n) is 3.27. The van der Waals surface area contributed by atoms with Crippen molar-refractivity contribution in [3.05, 3.63) is 83.1 Å². The summed E-state index contributed by atoms with van der Waals surface area (Å²) in [6, 6.07) is 21.2. The van der Waals surface area contributed by atoms with Crippen LogP contribution in [0.2, 0.25) is 0 Å². The summed E-state index contributed by atoms with van der Waals surface area (Å²) in [5.74, 6) is 1.04. The van der Waals surface area contributed by atoms with E-state index in [0.29, 0.717) is 6.61 Å². The maximum atomic E-state index is 9.06. The van der Waals surface area contributed by atoms with Crippen LogP contribution < -0.4 is 24.8 Å². The van der Waals surface area contributed by atoms with Crippen LogP contribution in [0, 0.1) is 0 Å². The molecule has 0 saturated carbocycles. The molecule has 0 fully saturated rings. The van der Waals surface area contributed by atoms with Gasteiger partial charge in [-0.05, 0) is 17.2 Å². The van der Waals surface area contributed by atoms with Crippen molar-refractivity contribution in [1.29, 1.82) is 0 Å². The Balaban J connectivity index is 0.00000104. The third kappa shape index (κ3) is 4.23. The van der Waals surface area contributed by atoms with Crippen molar-refractivity contribution in [3.8, 4) is 0 Å². The van der Waals surface area contributed by atoms with Crippen LogP contribution in [-0.4, -0.2) is 18.3 Å². The van der Waals surface area contributed by atoms with E-state index in [4.69, 9.17) is 9.84 Å². The number of hydrogen-bond acceptors (Lipinski definition) is 2. The Morgan fingerprint density at radius 3 is 2.48 bits per heavy atom. The van der Waals surface area contributed by atoms with E-state index >= 15 is 0 Å². The Labute approximate surface area is 179 Å². The molecule has 0 bridgehead atoms. The molecule has 0 aliphatic heterocycles. The molecule has 0 spiro atoms. The van der Waals surface area contributed by atoms with E-state index in [0.717, 1.165) is 5.76 Å². The second-order valence-electron chi connectivity index (χ2n) is 5.60. The van der Waals surface area contributed by atoms with Crippen LogP contribution in [0.3, 0.4) is 0 Å². The summed E-state index contributed by atoms with van der Waals surface area (Å²) in [5.41, 5.74) is 3.71. The van der Waals surface area contributed by atoms with Crippen LogP contribution in [0.25, 0.3) is 16.8 Å². The average Bonchev–Trinajstić information content (AvgIpc) is 3.13. The Kier molecular flexibility index (Phi) is 8.50. The first-order chi connectivity index (χ1) is 10.9. The van der Waals surface area contributed by atoms with Gasteiger partial charge >= 0.3 is 26.2 Å². The van der Waals surface area contributed by atoms with Crippen LogP contribution in [-0.2, 0) is 30.9 Å². The van der Waals surface area contributed by atoms with Crippen molar-refractivity contribution in [2.24, 2.45) is 0 Å². The van der Waals surface area contributed by atoms with Gasteiger partial charge in [-0.25, -0.2) is 0 Å². The van der Waals surface area contributed by atoms with Crippen molar-refractivity contribution >= 4 is 16.8 Å². The maximum Gasteiger partial charge on any atom is 3.00 e. The molecule has 1 unspecified atom stereocenters. The number of aliphatic hydroxyl groups excluding tert-OH is 1. The second kappa shape index (κ2) is 9.64. The number of benzene rings is 2. The molecule has 1 atom stereocenters. The summed E-state index contributed by atoms with van der Waals surface area (Å²) in [7, 11) is 0. The van der Waals surface area contributed by atoms with Gasteiger partial charge in [-0.15, -0.1) is 40.6 Å². The van der Waals surface area contributed by atoms with E-state index in [1.54, 1.807) is 0 Å². The molecule has 0 saturated heterocycles. The molecule has 0 amide bonds. The monoisotopic (exact) mass is 449 g/mol. The summed E-state index contributed by atoms with van der Waals surface area (Å²) in [6.07, 6.45) is 2.09. The Hall–Kier alpha value is -0.987. The molecule has 0 aromatic heterocycles. The minimum Gasteiger partial charge on any atom is -1.00 e. The molecule has 2 nitrogen and oxygen atoms in total. The van der Waals surface area contributed by atoms with Gasteiger partial charge in [0.15, 0.2) is 0 Å². The summed E-state index contributed by atoms with van der Waals surface area (Å²) in [4.78, 5) is 0. The van der Waals surface area contributed by atoms with Gasteiger partial charge in [0.2, 0.25) is 0 Å². The van der Waals surface area contributed by atoms with E-state index in [-0.39, 0.29) is 63.5 Å². The topological polar surface area (TPSA) is 29.5 Å². The molecule has 3 aromatic carbocycles. The van der Waals surface area contributed by atoms with E-state index in [2.05, 4.69) is 60.7 Å². The number of halogens is 2. The normalized spacial score (nSPS) is 14.6. The third-order valence-electron chi connectivity index (χ3n) is 4.22. The number of rotatable bonds is 4. The second-order valence-corrected chi connectivity index (χ2v) is 5.60. The van der Waals surface area contributed by atoms with Gasteiger partial charge in [0.05, 0.1) is 6.61 Å². The van der Waals surface area contributed by atoms with Crippen molar-refractivity contribution in [2.45, 2.75) is 5.92 Å². The van der Waals surface area contributed by atoms with Crippen molar-refractivity contribution < 1.29 is 60.9 Å². The number of allylic oxidation sites excluding steroid dienone is 1. The predicted molar refractivity (Wildman–Crippen MR) is 88.8 cm³/mol. The molecule has 127 valence electrons. The maximum absolute atomic E-state index is 9.06. The van der Waals surface area contributed by atoms with Crippen molar-refractivity contribution in [1.82, 2.24) is 0 Å². The van der Waals surface area contributed by atoms with Crippen LogP contribution in [0.5, 0.6) is 0 Å². The minimum absolute atomic E-state index is 0. The van der Waals surface area contributed by atoms with Crippen LogP contribution in [0.15, 0.2) is 66.4 Å². The molecular weight excluding hydrogens is 434 g/mol. The largest absolute Gasteiger partial charge is 3.00 e. The van der Waals surface area contributed by atoms with E-state index in [9.17, 15) is 0 Å². The van der Waals surface area contributed by atoms with Crippen molar-refractivity contribution in [3.63, 3.8) is 0 Å². The molecule has 25 heavy (non-hydrogen) atoms. The predicted octanol–water partition coefficient (Wildman–Crippen LogP) is -1.94. The summed E-state index contributed by atoms with van der Waals surface area (Å²) >= 11 is 0. The zero-order valence-corrected chi connectivity index (χ0v) is 17.4. The molecule has 1 aliphatic rings. The molecule has 4 rings (SSSR count). The minimum atomic E-state index is 0. The first-order valence-electron chi connectivity index (χ1n) is 7.56. The van der Waals surface area contributed by atoms with Crippen LogP contribution in [0.1, 0.15) is 22.6 Å². The fraction of sp³-hybridized carbons (Fsp3) is 0.150. The summed E-state index contributed by atoms with van der Waals surface area (Å²) < 4.78 is 5.81. The molecule has 1 N–H and O–H groups in total. The Bertz CT molecular complexity index is 825. The SMILES string of the molecule is OCCOC1=Cc2ccccc2C1c1cc2ccccc2[cH-]1.[Cl-].[Cl-].[Zr+3]. The third-order valence-corrected chi connectivity index (χ3v) is 4.22. The van der Waals surface area contributed by atoms with Gasteiger partial charge in [-0.1, -0.05) is 30.3 Å². The van der Waals surface area contributed by atoms with E-state index in [1.807, 2.05) is 6.07 Å². The molecule has 3 aromatic rings. The quantitative estimate of drug-likeness (QED) is 0.468. The number of fused-ring (bicyclic) bond motifs is 2. The van der Waals surface area contributed by atoms with Crippen molar-refractivity contribution in [2.75, 3.05) is 13.2 Å². The fourth-order valence-corrected chi connectivity index (χ4v) is 3.27. The van der Waals surface area contributed by atoms with Gasteiger partial charge in [-0.2, -0.15) is 6.07 Å². The van der Waals surface area contributed by atoms with Gasteiger partial charge in [0, 0.05) is 5.92 Å². The zero-order valence-electron chi connectivity index (χ0n) is 13.5. The molecule has 5 heteroatoms. The molecule has 1 aliphatic carbocycles. The molecular formula is C20H17Cl2O2Zr. The number of hydrogen-bond donors (Lipinski definition) is 1. The number of ether oxygens (including phenoxy) is 1. The van der Waals surface area contributed by atoms with E-state index < -0.39 is 0 Å². The standard InChI is InChI=1S/C20H17O2.2ClH.Zr/c21-9-10-22-19-13-16-7-3-4-8-18(16)20(19)17-11-14-5-1-2-6-15(14)12-17;;;/h1-8,11-13,20-21H,9-10H2;2*1H;/q-1;;;+3/p-2. The zero-order chi connectivity index (χ0) is 14.9. The summed E-state index contributed by atoms with van der Waals surface area (Å²) in [5, 5.41) is 11.6. The van der Waals surface area contributed by atoms with Crippen LogP contribution in [0.4, 0.5) is 0 Å². The Morgan fingerprint density at radius 1 is 1.00 bits per heavy atom. The molecule has 0 heterocycles. The van der Waals surface area contributed by atoms with Gasteiger partial charge in [-0.3, -0.25) is 0 Å². The molecule has 1 radical (unpaired) electrons. The summed E-state index contributed by atoms with van der Waals surface area (Å²) in [6.45, 7) is 0.361. The van der Waals surface area contributed by atoms with Gasteiger partial charge < -0.3 is 34.7 Å². The van der Waals surface area contributed by atoms with Gasteiger partial charge in [0.25, 0.3) is 0 Å². The number of aliphatic hydroxyl groups is 1. The van der Waals surface area contributed by atoms with Crippen LogP contribution >= 0.6 is 0 Å². The average molecular weight is 451 g/mol. The van der Waals surface area contributed by atoms with E-state index in [1.165, 1.54) is 27.5 Å².